The lowest BCUT2D eigenvalue weighted by molar-refractivity contribution is -0.688. The Balaban J connectivity index is 0.000000395. The smallest absolute Gasteiger partial charge is 0.200 e. The fraction of sp³-hybridized carbons (Fsp3) is 0.0278. The maximum Gasteiger partial charge on any atom is 0.200 e. The lowest BCUT2D eigenvalue weighted by Gasteiger charge is -2.44. The second kappa shape index (κ2) is 16.2. The summed E-state index contributed by atoms with van der Waals surface area (Å²) < 4.78 is 296. The molecule has 1 N–H and O–H groups in total. The van der Waals surface area contributed by atoms with Gasteiger partial charge in [0.05, 0.1) is 5.56 Å². The third-order valence-corrected chi connectivity index (χ3v) is 8.83. The van der Waals surface area contributed by atoms with E-state index in [-0.39, 0.29) is 0 Å². The van der Waals surface area contributed by atoms with Crippen LogP contribution >= 0.6 is 0 Å². The quantitative estimate of drug-likeness (QED) is 0.0604. The number of phenolic OH excluding ortho intramolecular Hbond substituents is 1. The van der Waals surface area contributed by atoms with Gasteiger partial charge in [0.1, 0.15) is 58.4 Å². The first kappa shape index (κ1) is 43.8. The maximum absolute atomic E-state index is 15.4. The van der Waals surface area contributed by atoms with E-state index in [1.165, 1.54) is 0 Å². The van der Waals surface area contributed by atoms with E-state index in [1.54, 1.807) is 6.07 Å². The van der Waals surface area contributed by atoms with Crippen LogP contribution in [-0.2, 0) is 6.54 Å². The van der Waals surface area contributed by atoms with Crippen LogP contribution in [0.1, 0.15) is 5.56 Å². The van der Waals surface area contributed by atoms with Crippen molar-refractivity contribution in [2.75, 3.05) is 0 Å². The molecule has 0 spiro atoms. The van der Waals surface area contributed by atoms with Crippen molar-refractivity contribution >= 4 is 28.0 Å². The van der Waals surface area contributed by atoms with E-state index in [0.29, 0.717) is 12.3 Å². The number of nitrogens with zero attached hydrogens (tertiary/aromatic N) is 1. The molecule has 0 aliphatic rings. The summed E-state index contributed by atoms with van der Waals surface area (Å²) in [6.45, 7) is 0.702. The number of aromatic nitrogens is 1. The average Bonchev–Trinajstić information content (AvgIpc) is 3.22. The van der Waals surface area contributed by atoms with Crippen LogP contribution in [0.15, 0.2) is 54.9 Å². The predicted molar refractivity (Wildman–Crippen MR) is 163 cm³/mol. The van der Waals surface area contributed by atoms with E-state index in [2.05, 4.69) is 0 Å². The second-order valence-corrected chi connectivity index (χ2v) is 12.0. The molecule has 0 unspecified atom stereocenters. The average molecular weight is 865 g/mol. The van der Waals surface area contributed by atoms with Crippen LogP contribution in [0.2, 0.25) is 0 Å². The Morgan fingerprint density at radius 3 is 0.814 bits per heavy atom. The zero-order valence-electron chi connectivity index (χ0n) is 27.9. The minimum Gasteiger partial charge on any atom is -0.507 e. The van der Waals surface area contributed by atoms with Crippen LogP contribution in [0, 0.1) is 116 Å². The lowest BCUT2D eigenvalue weighted by Crippen LogP contribution is -2.81. The molecule has 0 saturated heterocycles. The zero-order valence-corrected chi connectivity index (χ0v) is 27.9. The molecule has 0 fully saturated rings. The third kappa shape index (κ3) is 6.84. The van der Waals surface area contributed by atoms with Crippen molar-refractivity contribution in [1.82, 2.24) is 0 Å². The Morgan fingerprint density at radius 1 is 0.322 bits per heavy atom. The van der Waals surface area contributed by atoms with E-state index in [9.17, 15) is 57.8 Å². The first-order chi connectivity index (χ1) is 27.6. The Kier molecular flexibility index (Phi) is 12.0. The van der Waals surface area contributed by atoms with Gasteiger partial charge in [0, 0.05) is 12.1 Å². The Bertz CT molecular complexity index is 2280. The molecule has 0 amide bonds. The molecule has 0 aliphatic carbocycles. The molecule has 5 aromatic carbocycles. The van der Waals surface area contributed by atoms with Gasteiger partial charge in [0.25, 0.3) is 0 Å². The molecule has 6 rings (SSSR count). The van der Waals surface area contributed by atoms with Crippen LogP contribution in [-0.4, -0.2) is 11.3 Å². The van der Waals surface area contributed by atoms with Gasteiger partial charge in [-0.15, -0.1) is 21.9 Å². The van der Waals surface area contributed by atoms with E-state index < -0.39 is 144 Å². The summed E-state index contributed by atoms with van der Waals surface area (Å²) in [4.78, 5) is 0. The van der Waals surface area contributed by atoms with Crippen LogP contribution in [0.5, 0.6) is 5.75 Å². The summed E-state index contributed by atoms with van der Waals surface area (Å²) >= 11 is 0. The fourth-order valence-corrected chi connectivity index (χ4v) is 6.26. The monoisotopic (exact) mass is 865 g/mol. The number of benzene rings is 5. The van der Waals surface area contributed by atoms with Crippen LogP contribution in [0.25, 0.3) is 0 Å². The van der Waals surface area contributed by atoms with Gasteiger partial charge < -0.3 is 5.11 Å². The highest BCUT2D eigenvalue weighted by atomic mass is 19.2. The van der Waals surface area contributed by atoms with Gasteiger partial charge in [-0.25, -0.2) is 92.4 Å². The molecule has 0 atom stereocenters. The highest BCUT2D eigenvalue weighted by molar-refractivity contribution is 7.20. The van der Waals surface area contributed by atoms with Gasteiger partial charge in [-0.2, -0.15) is 0 Å². The molecule has 1 heterocycles. The molecular formula is C36H12BF20NO. The van der Waals surface area contributed by atoms with Gasteiger partial charge in [0.15, 0.2) is 88.7 Å². The van der Waals surface area contributed by atoms with Gasteiger partial charge in [-0.3, -0.25) is 0 Å². The van der Waals surface area contributed by atoms with Crippen molar-refractivity contribution in [1.29, 1.82) is 0 Å². The molecular weight excluding hydrogens is 853 g/mol. The number of hydrogen-bond acceptors (Lipinski definition) is 1. The van der Waals surface area contributed by atoms with Crippen LogP contribution in [0.4, 0.5) is 87.8 Å². The normalized spacial score (nSPS) is 11.5. The van der Waals surface area contributed by atoms with Gasteiger partial charge in [-0.05, 0) is 12.1 Å². The topological polar surface area (TPSA) is 24.1 Å². The number of para-hydroxylation sites is 1. The van der Waals surface area contributed by atoms with Crippen molar-refractivity contribution in [2.24, 2.45) is 0 Å². The fourth-order valence-electron chi connectivity index (χ4n) is 6.26. The molecule has 59 heavy (non-hydrogen) atoms. The number of hydrogen-bond donors (Lipinski definition) is 1. The van der Waals surface area contributed by atoms with E-state index in [4.69, 9.17) is 0 Å². The summed E-state index contributed by atoms with van der Waals surface area (Å²) in [6, 6.07) is 13.3. The zero-order chi connectivity index (χ0) is 44.2. The molecule has 0 aliphatic heterocycles. The molecule has 6 aromatic rings. The molecule has 310 valence electrons. The number of halogens is 20. The van der Waals surface area contributed by atoms with Gasteiger partial charge >= 0.3 is 0 Å². The van der Waals surface area contributed by atoms with Crippen molar-refractivity contribution in [3.05, 3.63) is 177 Å². The molecule has 0 radical (unpaired) electrons. The number of rotatable bonds is 6. The summed E-state index contributed by atoms with van der Waals surface area (Å²) in [6.07, 6.45) is -3.26. The van der Waals surface area contributed by atoms with Crippen molar-refractivity contribution in [2.45, 2.75) is 6.54 Å². The third-order valence-electron chi connectivity index (χ3n) is 8.83. The van der Waals surface area contributed by atoms with E-state index in [1.807, 2.05) is 53.4 Å². The summed E-state index contributed by atoms with van der Waals surface area (Å²) in [7, 11) is 0. The number of phenols is 1. The Labute approximate surface area is 314 Å². The highest BCUT2D eigenvalue weighted by Crippen LogP contribution is 2.30. The van der Waals surface area contributed by atoms with Gasteiger partial charge in [-0.1, -0.05) is 18.2 Å². The lowest BCUT2D eigenvalue weighted by atomic mass is 9.12. The van der Waals surface area contributed by atoms with Crippen molar-refractivity contribution < 1.29 is 97.5 Å². The number of pyridine rings is 1. The van der Waals surface area contributed by atoms with Crippen molar-refractivity contribution in [3.8, 4) is 5.75 Å². The molecule has 2 nitrogen and oxygen atoms in total. The molecule has 1 aromatic heterocycles. The van der Waals surface area contributed by atoms with E-state index in [0.717, 1.165) is 5.56 Å². The van der Waals surface area contributed by atoms with E-state index >= 15 is 35.1 Å². The molecule has 0 saturated carbocycles. The Morgan fingerprint density at radius 2 is 0.559 bits per heavy atom. The summed E-state index contributed by atoms with van der Waals surface area (Å²) in [5.41, 5.74) is -13.4. The van der Waals surface area contributed by atoms with Crippen LogP contribution < -0.4 is 26.4 Å². The first-order valence-corrected chi connectivity index (χ1v) is 15.5. The summed E-state index contributed by atoms with van der Waals surface area (Å²) in [5, 5.41) is 9.56. The molecule has 23 heteroatoms. The minimum atomic E-state index is -7.22. The first-order valence-electron chi connectivity index (χ1n) is 15.5. The SMILES string of the molecule is Fc1c(F)c(F)c([B-](c2c(F)c(F)c(F)c(F)c2F)(c2c(F)c(F)c(F)c(F)c2F)c2c(F)c(F)c(F)c(F)c2F)c(F)c1F.Oc1ccccc1C[n+]1ccccc1. The molecule has 0 bridgehead atoms. The Hall–Kier alpha value is -6.29. The standard InChI is InChI=1S/C24BF20.C12H11NO/c26-5-1(6(27)14(35)21(42)13(5)34)25(2-7(28)15(36)22(43)16(37)8(2)29,3-9(30)17(38)23(44)18(39)10(3)31)4-11(32)19(40)24(45)20(41)12(4)33;14-12-7-3-2-6-11(12)10-13-8-4-1-5-9-13/h;1-9H,10H2/q-1;/p+1. The minimum absolute atomic E-state index is 0.351. The van der Waals surface area contributed by atoms with Gasteiger partial charge in [0.2, 0.25) is 0 Å². The number of aromatic hydroxyl groups is 1. The van der Waals surface area contributed by atoms with Crippen molar-refractivity contribution in [3.63, 3.8) is 0 Å². The second-order valence-electron chi connectivity index (χ2n) is 12.0. The summed E-state index contributed by atoms with van der Waals surface area (Å²) in [5.74, 6) is -71.1. The largest absolute Gasteiger partial charge is 0.507 e. The van der Waals surface area contributed by atoms with Crippen LogP contribution in [0.3, 0.4) is 0 Å². The predicted octanol–water partition coefficient (Wildman–Crippen LogP) is 7.57. The maximum atomic E-state index is 15.4. The highest BCUT2D eigenvalue weighted by Gasteiger charge is 2.52.